The van der Waals surface area contributed by atoms with Crippen LogP contribution in [0.2, 0.25) is 5.02 Å². The number of nitrogens with zero attached hydrogens (tertiary/aromatic N) is 1. The zero-order valence-corrected chi connectivity index (χ0v) is 18.1. The van der Waals surface area contributed by atoms with Crippen molar-refractivity contribution in [2.75, 3.05) is 6.26 Å². The summed E-state index contributed by atoms with van der Waals surface area (Å²) in [5.74, 6) is -0.932. The SMILES string of the molecule is CS(=O)(=O)c1ccc2c(Sc3ccc(Cl)cc3)c3n(c2c1)CCCC3CC(=O)O. The van der Waals surface area contributed by atoms with Crippen LogP contribution >= 0.6 is 23.4 Å². The molecule has 1 aliphatic heterocycles. The number of hydrogen-bond acceptors (Lipinski definition) is 4. The van der Waals surface area contributed by atoms with Gasteiger partial charge < -0.3 is 9.67 Å². The second-order valence-corrected chi connectivity index (χ2v) is 10.8. The zero-order chi connectivity index (χ0) is 20.8. The standard InChI is InChI=1S/C21H20ClNO4S2/c1-29(26,27)16-8-9-17-18(12-16)23-10-2-3-13(11-19(24)25)20(23)21(17)28-15-6-4-14(22)5-7-15/h4-9,12-13H,2-3,10-11H2,1H3,(H,24,25). The van der Waals surface area contributed by atoms with Gasteiger partial charge in [0.1, 0.15) is 0 Å². The van der Waals surface area contributed by atoms with E-state index < -0.39 is 15.8 Å². The quantitative estimate of drug-likeness (QED) is 0.579. The highest BCUT2D eigenvalue weighted by Crippen LogP contribution is 2.46. The average Bonchev–Trinajstić information content (AvgIpc) is 2.97. The van der Waals surface area contributed by atoms with Gasteiger partial charge in [0.15, 0.2) is 9.84 Å². The van der Waals surface area contributed by atoms with E-state index in [0.717, 1.165) is 45.8 Å². The molecule has 2 aromatic carbocycles. The Morgan fingerprint density at radius 3 is 2.62 bits per heavy atom. The van der Waals surface area contributed by atoms with Gasteiger partial charge in [0.25, 0.3) is 0 Å². The Bertz CT molecular complexity index is 1200. The molecule has 2 heterocycles. The third-order valence-corrected chi connectivity index (χ3v) is 7.74. The van der Waals surface area contributed by atoms with Gasteiger partial charge in [-0.05, 0) is 49.2 Å². The molecule has 0 saturated carbocycles. The van der Waals surface area contributed by atoms with Crippen LogP contribution in [0.25, 0.3) is 10.9 Å². The van der Waals surface area contributed by atoms with E-state index in [1.807, 2.05) is 30.3 Å². The second kappa shape index (κ2) is 7.70. The summed E-state index contributed by atoms with van der Waals surface area (Å²) in [7, 11) is -3.34. The number of rotatable bonds is 5. The number of aliphatic carboxylic acids is 1. The molecule has 0 fully saturated rings. The highest BCUT2D eigenvalue weighted by Gasteiger charge is 2.30. The molecular formula is C21H20ClNO4S2. The van der Waals surface area contributed by atoms with Crippen molar-refractivity contribution >= 4 is 50.1 Å². The van der Waals surface area contributed by atoms with Gasteiger partial charge in [-0.1, -0.05) is 29.4 Å². The van der Waals surface area contributed by atoms with E-state index in [1.54, 1.807) is 23.9 Å². The molecule has 4 rings (SSSR count). The van der Waals surface area contributed by atoms with Crippen LogP contribution in [0, 0.1) is 0 Å². The first-order valence-corrected chi connectivity index (χ1v) is 12.3. The Morgan fingerprint density at radius 2 is 1.97 bits per heavy atom. The van der Waals surface area contributed by atoms with E-state index in [-0.39, 0.29) is 17.2 Å². The fraction of sp³-hybridized carbons (Fsp3) is 0.286. The van der Waals surface area contributed by atoms with Crippen LogP contribution in [0.15, 0.2) is 57.2 Å². The van der Waals surface area contributed by atoms with Crippen molar-refractivity contribution in [1.82, 2.24) is 4.57 Å². The summed E-state index contributed by atoms with van der Waals surface area (Å²) in [6, 6.07) is 12.7. The van der Waals surface area contributed by atoms with E-state index in [1.165, 1.54) is 6.26 Å². The lowest BCUT2D eigenvalue weighted by molar-refractivity contribution is -0.137. The topological polar surface area (TPSA) is 76.4 Å². The van der Waals surface area contributed by atoms with Crippen molar-refractivity contribution in [3.8, 4) is 0 Å². The normalized spacial score (nSPS) is 16.7. The molecule has 152 valence electrons. The van der Waals surface area contributed by atoms with E-state index in [0.29, 0.717) is 5.02 Å². The van der Waals surface area contributed by atoms with Gasteiger partial charge in [0.05, 0.1) is 16.8 Å². The molecule has 1 aromatic heterocycles. The molecule has 29 heavy (non-hydrogen) atoms. The van der Waals surface area contributed by atoms with Crippen molar-refractivity contribution in [3.05, 3.63) is 53.2 Å². The summed E-state index contributed by atoms with van der Waals surface area (Å²) in [6.07, 6.45) is 2.92. The maximum Gasteiger partial charge on any atom is 0.304 e. The summed E-state index contributed by atoms with van der Waals surface area (Å²) < 4.78 is 26.3. The maximum absolute atomic E-state index is 12.1. The molecule has 1 unspecified atom stereocenters. The number of aryl methyl sites for hydroxylation is 1. The predicted molar refractivity (Wildman–Crippen MR) is 115 cm³/mol. The number of fused-ring (bicyclic) bond motifs is 3. The fourth-order valence-electron chi connectivity index (χ4n) is 3.96. The molecule has 0 bridgehead atoms. The number of sulfone groups is 1. The number of carbonyl (C=O) groups is 1. The number of benzene rings is 2. The van der Waals surface area contributed by atoms with Crippen LogP contribution in [0.5, 0.6) is 0 Å². The van der Waals surface area contributed by atoms with Crippen LogP contribution in [0.4, 0.5) is 0 Å². The Balaban J connectivity index is 1.93. The molecule has 1 N–H and O–H groups in total. The molecule has 0 spiro atoms. The fourth-order valence-corrected chi connectivity index (χ4v) is 5.90. The summed E-state index contributed by atoms with van der Waals surface area (Å²) in [5.41, 5.74) is 1.83. The molecular weight excluding hydrogens is 430 g/mol. The first-order chi connectivity index (χ1) is 13.7. The molecule has 0 aliphatic carbocycles. The Morgan fingerprint density at radius 1 is 1.24 bits per heavy atom. The first-order valence-electron chi connectivity index (χ1n) is 9.25. The Labute approximate surface area is 178 Å². The molecule has 0 saturated heterocycles. The van der Waals surface area contributed by atoms with Crippen molar-refractivity contribution in [2.45, 2.75) is 46.4 Å². The zero-order valence-electron chi connectivity index (χ0n) is 15.8. The molecule has 0 radical (unpaired) electrons. The molecule has 1 atom stereocenters. The first kappa shape index (κ1) is 20.3. The van der Waals surface area contributed by atoms with Crippen molar-refractivity contribution in [2.24, 2.45) is 0 Å². The predicted octanol–water partition coefficient (Wildman–Crippen LogP) is 5.20. The van der Waals surface area contributed by atoms with Crippen LogP contribution in [0.1, 0.15) is 30.9 Å². The lowest BCUT2D eigenvalue weighted by atomic mass is 9.93. The van der Waals surface area contributed by atoms with E-state index in [2.05, 4.69) is 4.57 Å². The van der Waals surface area contributed by atoms with Crippen LogP contribution in [-0.4, -0.2) is 30.3 Å². The van der Waals surface area contributed by atoms with E-state index in [9.17, 15) is 18.3 Å². The van der Waals surface area contributed by atoms with Gasteiger partial charge in [-0.25, -0.2) is 8.42 Å². The van der Waals surface area contributed by atoms with Crippen molar-refractivity contribution in [1.29, 1.82) is 0 Å². The highest BCUT2D eigenvalue weighted by molar-refractivity contribution is 7.99. The molecule has 8 heteroatoms. The summed E-state index contributed by atoms with van der Waals surface area (Å²) in [6.45, 7) is 0.746. The summed E-state index contributed by atoms with van der Waals surface area (Å²) >= 11 is 7.58. The van der Waals surface area contributed by atoms with Gasteiger partial charge in [-0.15, -0.1) is 0 Å². The number of halogens is 1. The van der Waals surface area contributed by atoms with Gasteiger partial charge >= 0.3 is 5.97 Å². The largest absolute Gasteiger partial charge is 0.481 e. The minimum Gasteiger partial charge on any atom is -0.481 e. The molecule has 5 nitrogen and oxygen atoms in total. The number of carboxylic acid groups (broad SMARTS) is 1. The third-order valence-electron chi connectivity index (χ3n) is 5.23. The van der Waals surface area contributed by atoms with Crippen LogP contribution in [0.3, 0.4) is 0 Å². The summed E-state index contributed by atoms with van der Waals surface area (Å²) in [4.78, 5) is 13.7. The van der Waals surface area contributed by atoms with Crippen LogP contribution in [-0.2, 0) is 21.2 Å². The Kier molecular flexibility index (Phi) is 5.40. The highest BCUT2D eigenvalue weighted by atomic mass is 35.5. The number of aromatic nitrogens is 1. The van der Waals surface area contributed by atoms with Crippen LogP contribution < -0.4 is 0 Å². The molecule has 1 aliphatic rings. The van der Waals surface area contributed by atoms with E-state index >= 15 is 0 Å². The number of carboxylic acids is 1. The maximum atomic E-state index is 12.1. The molecule has 0 amide bonds. The smallest absolute Gasteiger partial charge is 0.304 e. The van der Waals surface area contributed by atoms with Gasteiger partial charge in [-0.2, -0.15) is 0 Å². The Hall–Kier alpha value is -1.96. The lowest BCUT2D eigenvalue weighted by Gasteiger charge is -2.25. The van der Waals surface area contributed by atoms with Gasteiger partial charge in [0.2, 0.25) is 0 Å². The molecule has 3 aromatic rings. The summed E-state index contributed by atoms with van der Waals surface area (Å²) in [5, 5.41) is 11.0. The third kappa shape index (κ3) is 4.04. The monoisotopic (exact) mass is 449 g/mol. The lowest BCUT2D eigenvalue weighted by Crippen LogP contribution is -2.18. The van der Waals surface area contributed by atoms with Crippen molar-refractivity contribution < 1.29 is 18.3 Å². The van der Waals surface area contributed by atoms with E-state index in [4.69, 9.17) is 11.6 Å². The minimum atomic E-state index is -3.34. The van der Waals surface area contributed by atoms with Gasteiger partial charge in [0, 0.05) is 44.6 Å². The second-order valence-electron chi connectivity index (χ2n) is 7.31. The van der Waals surface area contributed by atoms with Gasteiger partial charge in [-0.3, -0.25) is 4.79 Å². The number of hydrogen-bond donors (Lipinski definition) is 1. The van der Waals surface area contributed by atoms with Crippen molar-refractivity contribution in [3.63, 3.8) is 0 Å². The average molecular weight is 450 g/mol. The minimum absolute atomic E-state index is 0.0590.